The van der Waals surface area contributed by atoms with Gasteiger partial charge in [-0.1, -0.05) is 30.3 Å². The number of hydrogen-bond acceptors (Lipinski definition) is 9. The number of nitrogens with one attached hydrogen (secondary N) is 4. The van der Waals surface area contributed by atoms with Crippen LogP contribution in [0.15, 0.2) is 118 Å². The van der Waals surface area contributed by atoms with Crippen molar-refractivity contribution in [2.45, 2.75) is 25.8 Å². The van der Waals surface area contributed by atoms with Crippen LogP contribution in [0.25, 0.3) is 0 Å². The second-order valence-corrected chi connectivity index (χ2v) is 11.7. The Kier molecular flexibility index (Phi) is 14.4. The fourth-order valence-electron chi connectivity index (χ4n) is 5.03. The largest absolute Gasteiger partial charge is 0.508 e. The molecular formula is C39H42FN7O5. The van der Waals surface area contributed by atoms with Gasteiger partial charge in [0, 0.05) is 48.4 Å². The van der Waals surface area contributed by atoms with Gasteiger partial charge < -0.3 is 35.8 Å². The molecule has 270 valence electrons. The number of aromatic hydroxyl groups is 1. The number of guanidine groups is 1. The number of amidine groups is 2. The lowest BCUT2D eigenvalue weighted by atomic mass is 10.1. The molecule has 0 radical (unpaired) electrons. The zero-order chi connectivity index (χ0) is 36.4. The first-order valence-corrected chi connectivity index (χ1v) is 17.1. The van der Waals surface area contributed by atoms with E-state index in [2.05, 4.69) is 26.3 Å². The first kappa shape index (κ1) is 37.3. The topological polar surface area (TPSA) is 158 Å². The van der Waals surface area contributed by atoms with Crippen molar-refractivity contribution < 1.29 is 28.6 Å². The summed E-state index contributed by atoms with van der Waals surface area (Å²) in [5, 5.41) is 21.9. The van der Waals surface area contributed by atoms with Crippen molar-refractivity contribution in [1.82, 2.24) is 10.6 Å². The summed E-state index contributed by atoms with van der Waals surface area (Å²) in [6.45, 7) is 2.61. The van der Waals surface area contributed by atoms with E-state index in [1.807, 2.05) is 18.2 Å². The van der Waals surface area contributed by atoms with Crippen molar-refractivity contribution in [3.05, 3.63) is 126 Å². The van der Waals surface area contributed by atoms with E-state index in [1.54, 1.807) is 72.8 Å². The first-order chi connectivity index (χ1) is 25.4. The Morgan fingerprint density at radius 3 is 2.19 bits per heavy atom. The molecule has 1 aliphatic heterocycles. The molecule has 0 spiro atoms. The smallest absolute Gasteiger partial charge is 0.251 e. The van der Waals surface area contributed by atoms with E-state index < -0.39 is 0 Å². The van der Waals surface area contributed by atoms with Crippen molar-refractivity contribution in [3.8, 4) is 5.75 Å². The highest BCUT2D eigenvalue weighted by atomic mass is 19.1. The van der Waals surface area contributed by atoms with Crippen molar-refractivity contribution in [3.63, 3.8) is 0 Å². The number of carbonyl (C=O) groups is 2. The average molecular weight is 708 g/mol. The summed E-state index contributed by atoms with van der Waals surface area (Å²) in [7, 11) is 0. The molecule has 0 bridgehead atoms. The van der Waals surface area contributed by atoms with Gasteiger partial charge in [-0.3, -0.25) is 14.6 Å². The molecule has 12 nitrogen and oxygen atoms in total. The molecule has 4 aromatic rings. The summed E-state index contributed by atoms with van der Waals surface area (Å²) in [6.07, 6.45) is 1.98. The summed E-state index contributed by atoms with van der Waals surface area (Å²) >= 11 is 0. The van der Waals surface area contributed by atoms with Crippen molar-refractivity contribution in [2.24, 2.45) is 15.0 Å². The van der Waals surface area contributed by atoms with Crippen LogP contribution in [0.2, 0.25) is 0 Å². The van der Waals surface area contributed by atoms with E-state index in [4.69, 9.17) is 19.5 Å². The van der Waals surface area contributed by atoms with Gasteiger partial charge in [0.1, 0.15) is 23.2 Å². The highest BCUT2D eigenvalue weighted by molar-refractivity contribution is 6.11. The average Bonchev–Trinajstić information content (AvgIpc) is 3.15. The van der Waals surface area contributed by atoms with Crippen molar-refractivity contribution >= 4 is 40.8 Å². The molecule has 0 atom stereocenters. The minimum absolute atomic E-state index is 0.134. The number of phenols is 1. The Morgan fingerprint density at radius 2 is 1.42 bits per heavy atom. The van der Waals surface area contributed by atoms with E-state index in [9.17, 15) is 19.1 Å². The Bertz CT molecular complexity index is 1850. The van der Waals surface area contributed by atoms with Gasteiger partial charge in [-0.15, -0.1) is 0 Å². The molecule has 5 rings (SSSR count). The standard InChI is InChI=1S/C39H42FN7O5/c40-31-9-4-6-28(26-31)27-43-38(50)30-12-14-32(15-13-30)44-36-11-5-10-35(46-39(47-36)45-33-16-18-34(48)19-17-33)41-20-22-51-24-25-52-23-21-42-37(49)29-7-2-1-3-8-29/h1-4,6-9,12-19,26,48H,5,10-11,20-25,27H2,(H,42,49)(H,43,50)(H2,41,44,45,46,47). The number of carbonyl (C=O) groups excluding carboxylic acids is 2. The zero-order valence-electron chi connectivity index (χ0n) is 28.7. The Balaban J connectivity index is 1.11. The summed E-state index contributed by atoms with van der Waals surface area (Å²) in [5.41, 5.74) is 3.20. The highest BCUT2D eigenvalue weighted by Gasteiger charge is 2.13. The van der Waals surface area contributed by atoms with Gasteiger partial charge in [0.05, 0.1) is 33.0 Å². The van der Waals surface area contributed by atoms with Crippen LogP contribution in [0.1, 0.15) is 45.5 Å². The van der Waals surface area contributed by atoms with Gasteiger partial charge in [-0.2, -0.15) is 9.98 Å². The fourth-order valence-corrected chi connectivity index (χ4v) is 5.03. The van der Waals surface area contributed by atoms with Crippen molar-refractivity contribution in [1.29, 1.82) is 0 Å². The number of hydrogen-bond donors (Lipinski definition) is 5. The van der Waals surface area contributed by atoms with Crippen LogP contribution in [0.3, 0.4) is 0 Å². The van der Waals surface area contributed by atoms with Gasteiger partial charge in [0.2, 0.25) is 5.96 Å². The minimum atomic E-state index is -0.349. The van der Waals surface area contributed by atoms with Gasteiger partial charge in [0.15, 0.2) is 0 Å². The van der Waals surface area contributed by atoms with Crippen LogP contribution in [0.4, 0.5) is 15.8 Å². The van der Waals surface area contributed by atoms with Gasteiger partial charge in [-0.05, 0) is 84.8 Å². The summed E-state index contributed by atoms with van der Waals surface area (Å²) in [6, 6.07) is 28.7. The van der Waals surface area contributed by atoms with Gasteiger partial charge >= 0.3 is 0 Å². The molecule has 5 N–H and O–H groups in total. The third kappa shape index (κ3) is 12.8. The van der Waals surface area contributed by atoms with E-state index >= 15 is 0 Å². The quantitative estimate of drug-likeness (QED) is 0.0774. The molecule has 2 amide bonds. The number of rotatable bonds is 15. The number of anilines is 2. The molecule has 13 heteroatoms. The number of aliphatic imine (C=N–C) groups is 3. The summed E-state index contributed by atoms with van der Waals surface area (Å²) in [5.74, 6) is 1.03. The number of benzene rings is 4. The lowest BCUT2D eigenvalue weighted by Gasteiger charge is -2.16. The predicted octanol–water partition coefficient (Wildman–Crippen LogP) is 5.79. The van der Waals surface area contributed by atoms with Crippen LogP contribution in [0, 0.1) is 5.82 Å². The number of halogens is 1. The van der Waals surface area contributed by atoms with Crippen LogP contribution >= 0.6 is 0 Å². The SMILES string of the molecule is O=C(NCCOCCOCCN=C1CCCC(Nc2ccc(C(=O)NCc3cccc(F)c3)cc2)=NC(Nc2ccc(O)cc2)=N1)c1ccccc1. The first-order valence-electron chi connectivity index (χ1n) is 17.1. The highest BCUT2D eigenvalue weighted by Crippen LogP contribution is 2.17. The summed E-state index contributed by atoms with van der Waals surface area (Å²) < 4.78 is 24.7. The molecular weight excluding hydrogens is 665 g/mol. The van der Waals surface area contributed by atoms with Crippen LogP contribution in [0.5, 0.6) is 5.75 Å². The third-order valence-electron chi connectivity index (χ3n) is 7.66. The van der Waals surface area contributed by atoms with E-state index in [-0.39, 0.29) is 29.9 Å². The maximum absolute atomic E-state index is 13.5. The Morgan fingerprint density at radius 1 is 0.731 bits per heavy atom. The molecule has 0 saturated carbocycles. The minimum Gasteiger partial charge on any atom is -0.508 e. The molecule has 0 saturated heterocycles. The molecule has 0 fully saturated rings. The molecule has 4 aromatic carbocycles. The zero-order valence-corrected chi connectivity index (χ0v) is 28.7. The number of phenolic OH excluding ortho intramolecular Hbond substituents is 1. The van der Waals surface area contributed by atoms with E-state index in [1.165, 1.54) is 12.1 Å². The van der Waals surface area contributed by atoms with Crippen LogP contribution in [-0.2, 0) is 16.0 Å². The maximum atomic E-state index is 13.5. The molecule has 0 unspecified atom stereocenters. The lowest BCUT2D eigenvalue weighted by Crippen LogP contribution is -2.27. The molecule has 0 aliphatic carbocycles. The molecule has 0 aromatic heterocycles. The van der Waals surface area contributed by atoms with E-state index in [0.717, 1.165) is 12.1 Å². The van der Waals surface area contributed by atoms with Gasteiger partial charge in [0.25, 0.3) is 11.8 Å². The van der Waals surface area contributed by atoms with E-state index in [0.29, 0.717) is 92.4 Å². The van der Waals surface area contributed by atoms with Crippen molar-refractivity contribution in [2.75, 3.05) is 50.2 Å². The second kappa shape index (κ2) is 20.1. The van der Waals surface area contributed by atoms with Crippen LogP contribution < -0.4 is 21.3 Å². The second-order valence-electron chi connectivity index (χ2n) is 11.7. The number of nitrogens with zero attached hydrogens (tertiary/aromatic N) is 3. The Hall–Kier alpha value is -5.92. The van der Waals surface area contributed by atoms with Gasteiger partial charge in [-0.25, -0.2) is 4.39 Å². The lowest BCUT2D eigenvalue weighted by molar-refractivity contribution is 0.0512. The van der Waals surface area contributed by atoms with Crippen LogP contribution in [-0.4, -0.2) is 74.1 Å². The monoisotopic (exact) mass is 707 g/mol. The maximum Gasteiger partial charge on any atom is 0.251 e. The number of amides is 2. The molecule has 1 aliphatic rings. The number of ether oxygens (including phenoxy) is 2. The summed E-state index contributed by atoms with van der Waals surface area (Å²) in [4.78, 5) is 38.9. The normalized spacial score (nSPS) is 13.7. The fraction of sp³-hybridized carbons (Fsp3) is 0.256. The molecule has 52 heavy (non-hydrogen) atoms. The predicted molar refractivity (Wildman–Crippen MR) is 201 cm³/mol. The molecule has 1 heterocycles. The Labute approximate surface area is 301 Å². The third-order valence-corrected chi connectivity index (χ3v) is 7.66.